The lowest BCUT2D eigenvalue weighted by Crippen LogP contribution is -2.20. The standard InChI is InChI=1S/C11H10BrNO2/c12-8-2-1-6-3-7(4-10(13)14)11(15)9(6)5-8/h1-2,5,7H,3-4H2,(H2,13,14). The number of nitrogens with two attached hydrogens (primary N) is 1. The van der Waals surface area contributed by atoms with Gasteiger partial charge < -0.3 is 5.73 Å². The Morgan fingerprint density at radius 2 is 2.27 bits per heavy atom. The van der Waals surface area contributed by atoms with Crippen molar-refractivity contribution >= 4 is 27.6 Å². The van der Waals surface area contributed by atoms with Crippen LogP contribution in [0.1, 0.15) is 22.3 Å². The van der Waals surface area contributed by atoms with E-state index in [0.29, 0.717) is 6.42 Å². The fourth-order valence-electron chi connectivity index (χ4n) is 1.94. The molecule has 78 valence electrons. The molecule has 0 bridgehead atoms. The zero-order valence-corrected chi connectivity index (χ0v) is 9.58. The highest BCUT2D eigenvalue weighted by Crippen LogP contribution is 2.30. The van der Waals surface area contributed by atoms with E-state index in [2.05, 4.69) is 15.9 Å². The smallest absolute Gasteiger partial charge is 0.218 e. The third-order valence-corrected chi connectivity index (χ3v) is 3.12. The second-order valence-electron chi connectivity index (χ2n) is 3.74. The van der Waals surface area contributed by atoms with E-state index in [0.717, 1.165) is 15.6 Å². The van der Waals surface area contributed by atoms with Gasteiger partial charge in [-0.15, -0.1) is 0 Å². The molecule has 1 aliphatic carbocycles. The minimum absolute atomic E-state index is 0.0325. The lowest BCUT2D eigenvalue weighted by atomic mass is 10.0. The molecule has 0 heterocycles. The minimum Gasteiger partial charge on any atom is -0.370 e. The first kappa shape index (κ1) is 10.4. The van der Waals surface area contributed by atoms with Crippen LogP contribution < -0.4 is 5.73 Å². The van der Waals surface area contributed by atoms with Gasteiger partial charge in [-0.3, -0.25) is 9.59 Å². The van der Waals surface area contributed by atoms with Gasteiger partial charge in [-0.1, -0.05) is 22.0 Å². The quantitative estimate of drug-likeness (QED) is 0.887. The Morgan fingerprint density at radius 3 is 2.93 bits per heavy atom. The van der Waals surface area contributed by atoms with Crippen LogP contribution >= 0.6 is 15.9 Å². The summed E-state index contributed by atoms with van der Waals surface area (Å²) in [7, 11) is 0. The van der Waals surface area contributed by atoms with Gasteiger partial charge in [0, 0.05) is 22.4 Å². The minimum atomic E-state index is -0.416. The van der Waals surface area contributed by atoms with E-state index in [-0.39, 0.29) is 18.1 Å². The molecule has 0 fully saturated rings. The Balaban J connectivity index is 2.29. The van der Waals surface area contributed by atoms with Gasteiger partial charge in [-0.05, 0) is 24.1 Å². The van der Waals surface area contributed by atoms with Gasteiger partial charge in [0.1, 0.15) is 0 Å². The fourth-order valence-corrected chi connectivity index (χ4v) is 2.30. The Bertz CT molecular complexity index is 442. The molecular formula is C11H10BrNO2. The number of Topliss-reactive ketones (excluding diaryl/α,β-unsaturated/α-hetero) is 1. The molecular weight excluding hydrogens is 258 g/mol. The second kappa shape index (κ2) is 3.77. The van der Waals surface area contributed by atoms with Gasteiger partial charge in [-0.2, -0.15) is 0 Å². The number of primary amides is 1. The number of ketones is 1. The van der Waals surface area contributed by atoms with Crippen LogP contribution in [0.4, 0.5) is 0 Å². The van der Waals surface area contributed by atoms with E-state index in [1.54, 1.807) is 6.07 Å². The molecule has 15 heavy (non-hydrogen) atoms. The zero-order chi connectivity index (χ0) is 11.0. The lowest BCUT2D eigenvalue weighted by molar-refractivity contribution is -0.118. The third kappa shape index (κ3) is 1.95. The van der Waals surface area contributed by atoms with Crippen molar-refractivity contribution < 1.29 is 9.59 Å². The first-order chi connectivity index (χ1) is 7.08. The summed E-state index contributed by atoms with van der Waals surface area (Å²) in [5.74, 6) is -0.642. The average molecular weight is 268 g/mol. The Kier molecular flexibility index (Phi) is 2.61. The monoisotopic (exact) mass is 267 g/mol. The van der Waals surface area contributed by atoms with Gasteiger partial charge in [0.15, 0.2) is 5.78 Å². The number of rotatable bonds is 2. The van der Waals surface area contributed by atoms with E-state index in [9.17, 15) is 9.59 Å². The van der Waals surface area contributed by atoms with Crippen LogP contribution in [0.5, 0.6) is 0 Å². The number of fused-ring (bicyclic) bond motifs is 1. The molecule has 3 nitrogen and oxygen atoms in total. The molecule has 0 aliphatic heterocycles. The van der Waals surface area contributed by atoms with Crippen LogP contribution in [0.3, 0.4) is 0 Å². The number of halogens is 1. The molecule has 1 aromatic rings. The molecule has 0 saturated heterocycles. The highest BCUT2D eigenvalue weighted by atomic mass is 79.9. The normalized spacial score (nSPS) is 19.0. The third-order valence-electron chi connectivity index (χ3n) is 2.62. The summed E-state index contributed by atoms with van der Waals surface area (Å²) in [6, 6.07) is 5.62. The number of carbonyl (C=O) groups excluding carboxylic acids is 2. The summed E-state index contributed by atoms with van der Waals surface area (Å²) in [5, 5.41) is 0. The SMILES string of the molecule is NC(=O)CC1Cc2ccc(Br)cc2C1=O. The predicted octanol–water partition coefficient (Wildman–Crippen LogP) is 1.68. The number of amides is 1. The van der Waals surface area contributed by atoms with Crippen LogP contribution in [-0.2, 0) is 11.2 Å². The highest BCUT2D eigenvalue weighted by Gasteiger charge is 2.31. The highest BCUT2D eigenvalue weighted by molar-refractivity contribution is 9.10. The van der Waals surface area contributed by atoms with E-state index < -0.39 is 5.91 Å². The Morgan fingerprint density at radius 1 is 1.53 bits per heavy atom. The van der Waals surface area contributed by atoms with E-state index >= 15 is 0 Å². The molecule has 1 unspecified atom stereocenters. The maximum atomic E-state index is 11.9. The molecule has 1 atom stereocenters. The van der Waals surface area contributed by atoms with Crippen LogP contribution in [0, 0.1) is 5.92 Å². The Hall–Kier alpha value is -1.16. The molecule has 0 radical (unpaired) electrons. The number of benzene rings is 1. The molecule has 0 spiro atoms. The molecule has 0 saturated carbocycles. The summed E-state index contributed by atoms with van der Waals surface area (Å²) in [5.41, 5.74) is 6.83. The van der Waals surface area contributed by atoms with Crippen molar-refractivity contribution in [1.29, 1.82) is 0 Å². The van der Waals surface area contributed by atoms with E-state index in [1.165, 1.54) is 0 Å². The van der Waals surface area contributed by atoms with Crippen LogP contribution in [-0.4, -0.2) is 11.7 Å². The maximum absolute atomic E-state index is 11.9. The summed E-state index contributed by atoms with van der Waals surface area (Å²) < 4.78 is 0.884. The van der Waals surface area contributed by atoms with E-state index in [4.69, 9.17) is 5.73 Å². The molecule has 4 heteroatoms. The lowest BCUT2D eigenvalue weighted by Gasteiger charge is -2.02. The summed E-state index contributed by atoms with van der Waals surface area (Å²) in [6.07, 6.45) is 0.773. The molecule has 1 amide bonds. The van der Waals surface area contributed by atoms with Crippen molar-refractivity contribution in [2.24, 2.45) is 11.7 Å². The fraction of sp³-hybridized carbons (Fsp3) is 0.273. The second-order valence-corrected chi connectivity index (χ2v) is 4.65. The summed E-state index contributed by atoms with van der Waals surface area (Å²) in [6.45, 7) is 0. The van der Waals surface area contributed by atoms with Crippen LogP contribution in [0.25, 0.3) is 0 Å². The average Bonchev–Trinajstić information content (AvgIpc) is 2.44. The predicted molar refractivity (Wildman–Crippen MR) is 59.5 cm³/mol. The largest absolute Gasteiger partial charge is 0.370 e. The number of hydrogen-bond acceptors (Lipinski definition) is 2. The van der Waals surface area contributed by atoms with Crippen molar-refractivity contribution in [3.05, 3.63) is 33.8 Å². The summed E-state index contributed by atoms with van der Waals surface area (Å²) in [4.78, 5) is 22.6. The first-order valence-corrected chi connectivity index (χ1v) is 5.48. The van der Waals surface area contributed by atoms with Gasteiger partial charge in [0.2, 0.25) is 5.91 Å². The zero-order valence-electron chi connectivity index (χ0n) is 8.00. The first-order valence-electron chi connectivity index (χ1n) is 4.69. The Labute approximate surface area is 95.8 Å². The van der Waals surface area contributed by atoms with Gasteiger partial charge >= 0.3 is 0 Å². The molecule has 0 aromatic heterocycles. The van der Waals surface area contributed by atoms with Crippen molar-refractivity contribution in [2.75, 3.05) is 0 Å². The molecule has 1 aromatic carbocycles. The maximum Gasteiger partial charge on any atom is 0.218 e. The van der Waals surface area contributed by atoms with Crippen LogP contribution in [0.15, 0.2) is 22.7 Å². The van der Waals surface area contributed by atoms with Crippen molar-refractivity contribution in [3.63, 3.8) is 0 Å². The van der Waals surface area contributed by atoms with Gasteiger partial charge in [0.05, 0.1) is 0 Å². The van der Waals surface area contributed by atoms with Crippen LogP contribution in [0.2, 0.25) is 0 Å². The topological polar surface area (TPSA) is 60.2 Å². The van der Waals surface area contributed by atoms with Crippen molar-refractivity contribution in [2.45, 2.75) is 12.8 Å². The molecule has 2 rings (SSSR count). The molecule has 2 N–H and O–H groups in total. The van der Waals surface area contributed by atoms with Crippen molar-refractivity contribution in [1.82, 2.24) is 0 Å². The van der Waals surface area contributed by atoms with Crippen molar-refractivity contribution in [3.8, 4) is 0 Å². The van der Waals surface area contributed by atoms with Gasteiger partial charge in [0.25, 0.3) is 0 Å². The molecule has 1 aliphatic rings. The summed E-state index contributed by atoms with van der Waals surface area (Å²) >= 11 is 3.32. The van der Waals surface area contributed by atoms with Gasteiger partial charge in [-0.25, -0.2) is 0 Å². The number of carbonyl (C=O) groups is 2. The number of hydrogen-bond donors (Lipinski definition) is 1. The van der Waals surface area contributed by atoms with E-state index in [1.807, 2.05) is 12.1 Å².